The SMILES string of the molecule is Cc1cccc2cc3c(=O)n(-c4ccc(B(O)O)cc4)cc(C(=O)O)c3nc12. The van der Waals surface area contributed by atoms with Gasteiger partial charge in [-0.15, -0.1) is 0 Å². The van der Waals surface area contributed by atoms with Gasteiger partial charge in [0.25, 0.3) is 5.56 Å². The fourth-order valence-corrected chi connectivity index (χ4v) is 3.25. The minimum absolute atomic E-state index is 0.0916. The summed E-state index contributed by atoms with van der Waals surface area (Å²) in [4.78, 5) is 29.4. The molecule has 4 rings (SSSR count). The summed E-state index contributed by atoms with van der Waals surface area (Å²) in [6.07, 6.45) is 1.24. The number of aromatic nitrogens is 2. The van der Waals surface area contributed by atoms with Crippen molar-refractivity contribution >= 4 is 40.4 Å². The van der Waals surface area contributed by atoms with Crippen molar-refractivity contribution in [2.75, 3.05) is 0 Å². The van der Waals surface area contributed by atoms with Crippen LogP contribution in [0.25, 0.3) is 27.5 Å². The number of carbonyl (C=O) groups is 1. The number of fused-ring (bicyclic) bond motifs is 2. The summed E-state index contributed by atoms with van der Waals surface area (Å²) in [6.45, 7) is 1.87. The maximum atomic E-state index is 13.1. The highest BCUT2D eigenvalue weighted by Gasteiger charge is 2.18. The predicted octanol–water partition coefficient (Wildman–Crippen LogP) is 1.23. The van der Waals surface area contributed by atoms with Gasteiger partial charge in [0.05, 0.1) is 16.4 Å². The predicted molar refractivity (Wildman–Crippen MR) is 106 cm³/mol. The standard InChI is InChI=1S/C20H15BN2O5/c1-11-3-2-4-12-9-15-18(22-17(11)12)16(20(25)26)10-23(19(15)24)14-7-5-13(6-8-14)21(27)28/h2-10,27-28H,1H3,(H,25,26). The smallest absolute Gasteiger partial charge is 0.478 e. The van der Waals surface area contributed by atoms with Gasteiger partial charge in [0.2, 0.25) is 0 Å². The summed E-state index contributed by atoms with van der Waals surface area (Å²) in [5.74, 6) is -1.19. The van der Waals surface area contributed by atoms with E-state index in [1.807, 2.05) is 25.1 Å². The molecule has 0 saturated heterocycles. The molecular weight excluding hydrogens is 359 g/mol. The van der Waals surface area contributed by atoms with Crippen molar-refractivity contribution in [1.82, 2.24) is 9.55 Å². The first-order valence-electron chi connectivity index (χ1n) is 8.52. The molecule has 2 aromatic carbocycles. The highest BCUT2D eigenvalue weighted by Crippen LogP contribution is 2.23. The third kappa shape index (κ3) is 2.85. The van der Waals surface area contributed by atoms with Gasteiger partial charge in [-0.05, 0) is 36.1 Å². The van der Waals surface area contributed by atoms with E-state index in [0.717, 1.165) is 10.9 Å². The van der Waals surface area contributed by atoms with Gasteiger partial charge < -0.3 is 15.2 Å². The molecule has 0 aliphatic carbocycles. The van der Waals surface area contributed by atoms with Crippen molar-refractivity contribution in [2.45, 2.75) is 6.92 Å². The topological polar surface area (TPSA) is 113 Å². The lowest BCUT2D eigenvalue weighted by Crippen LogP contribution is -2.30. The number of hydrogen-bond acceptors (Lipinski definition) is 5. The molecule has 0 spiro atoms. The van der Waals surface area contributed by atoms with Crippen molar-refractivity contribution in [1.29, 1.82) is 0 Å². The second-order valence-corrected chi connectivity index (χ2v) is 6.52. The lowest BCUT2D eigenvalue weighted by molar-refractivity contribution is 0.0698. The summed E-state index contributed by atoms with van der Waals surface area (Å²) >= 11 is 0. The minimum atomic E-state index is -1.63. The number of carboxylic acid groups (broad SMARTS) is 1. The average molecular weight is 374 g/mol. The molecule has 0 fully saturated rings. The first kappa shape index (κ1) is 17.9. The van der Waals surface area contributed by atoms with Crippen molar-refractivity contribution in [3.05, 3.63) is 76.2 Å². The van der Waals surface area contributed by atoms with Gasteiger partial charge in [0.15, 0.2) is 0 Å². The zero-order valence-corrected chi connectivity index (χ0v) is 14.8. The molecule has 8 heteroatoms. The van der Waals surface area contributed by atoms with Crippen LogP contribution in [-0.4, -0.2) is 37.8 Å². The molecule has 4 aromatic rings. The summed E-state index contributed by atoms with van der Waals surface area (Å²) < 4.78 is 1.22. The van der Waals surface area contributed by atoms with Crippen LogP contribution in [0.4, 0.5) is 0 Å². The third-order valence-corrected chi connectivity index (χ3v) is 4.71. The third-order valence-electron chi connectivity index (χ3n) is 4.71. The molecule has 0 bridgehead atoms. The number of pyridine rings is 2. The number of aromatic carboxylic acids is 1. The molecule has 0 amide bonds. The number of nitrogens with zero attached hydrogens (tertiary/aromatic N) is 2. The van der Waals surface area contributed by atoms with Gasteiger partial charge in [0.1, 0.15) is 5.56 Å². The van der Waals surface area contributed by atoms with Crippen LogP contribution in [0.5, 0.6) is 0 Å². The van der Waals surface area contributed by atoms with Crippen LogP contribution < -0.4 is 11.0 Å². The van der Waals surface area contributed by atoms with E-state index in [1.54, 1.807) is 6.07 Å². The minimum Gasteiger partial charge on any atom is -0.478 e. The molecule has 2 heterocycles. The number of rotatable bonds is 3. The van der Waals surface area contributed by atoms with Gasteiger partial charge in [-0.25, -0.2) is 9.78 Å². The van der Waals surface area contributed by atoms with E-state index in [-0.39, 0.29) is 21.9 Å². The average Bonchev–Trinajstić information content (AvgIpc) is 2.67. The Kier molecular flexibility index (Phi) is 4.22. The fourth-order valence-electron chi connectivity index (χ4n) is 3.25. The van der Waals surface area contributed by atoms with E-state index < -0.39 is 18.6 Å². The zero-order valence-electron chi connectivity index (χ0n) is 14.8. The molecule has 3 N–H and O–H groups in total. The van der Waals surface area contributed by atoms with Crippen LogP contribution in [0.2, 0.25) is 0 Å². The van der Waals surface area contributed by atoms with Crippen molar-refractivity contribution in [2.24, 2.45) is 0 Å². The highest BCUT2D eigenvalue weighted by atomic mass is 16.4. The molecule has 0 aliphatic heterocycles. The summed E-state index contributed by atoms with van der Waals surface area (Å²) in [7, 11) is -1.63. The second-order valence-electron chi connectivity index (χ2n) is 6.52. The largest absolute Gasteiger partial charge is 0.488 e. The van der Waals surface area contributed by atoms with Crippen LogP contribution in [0.15, 0.2) is 59.5 Å². The Morgan fingerprint density at radius 3 is 2.43 bits per heavy atom. The molecule has 0 aliphatic rings. The van der Waals surface area contributed by atoms with E-state index in [2.05, 4.69) is 4.98 Å². The first-order valence-corrected chi connectivity index (χ1v) is 8.52. The van der Waals surface area contributed by atoms with Crippen LogP contribution in [0.3, 0.4) is 0 Å². The van der Waals surface area contributed by atoms with Crippen LogP contribution in [0.1, 0.15) is 15.9 Å². The molecule has 138 valence electrons. The molecular formula is C20H15BN2O5. The molecule has 0 atom stereocenters. The van der Waals surface area contributed by atoms with Crippen LogP contribution >= 0.6 is 0 Å². The van der Waals surface area contributed by atoms with Crippen molar-refractivity contribution in [3.8, 4) is 5.69 Å². The Morgan fingerprint density at radius 1 is 1.07 bits per heavy atom. The van der Waals surface area contributed by atoms with Crippen LogP contribution in [0, 0.1) is 6.92 Å². The van der Waals surface area contributed by atoms with Crippen LogP contribution in [-0.2, 0) is 0 Å². The van der Waals surface area contributed by atoms with Gasteiger partial charge in [-0.3, -0.25) is 9.36 Å². The van der Waals surface area contributed by atoms with E-state index in [0.29, 0.717) is 11.2 Å². The lowest BCUT2D eigenvalue weighted by atomic mass is 9.80. The van der Waals surface area contributed by atoms with Gasteiger partial charge in [-0.1, -0.05) is 30.3 Å². The first-order chi connectivity index (χ1) is 13.4. The number of aryl methyl sites for hydroxylation is 1. The molecule has 0 radical (unpaired) electrons. The Balaban J connectivity index is 2.06. The quantitative estimate of drug-likeness (QED) is 0.367. The number of carboxylic acids is 1. The van der Waals surface area contributed by atoms with E-state index in [1.165, 1.54) is 35.0 Å². The summed E-state index contributed by atoms with van der Waals surface area (Å²) in [6, 6.07) is 13.2. The Hall–Kier alpha value is -3.49. The lowest BCUT2D eigenvalue weighted by Gasteiger charge is -2.12. The Labute approximate surface area is 159 Å². The Bertz CT molecular complexity index is 1300. The second kappa shape index (κ2) is 6.59. The molecule has 0 unspecified atom stereocenters. The highest BCUT2D eigenvalue weighted by molar-refractivity contribution is 6.58. The van der Waals surface area contributed by atoms with E-state index in [9.17, 15) is 24.7 Å². The zero-order chi connectivity index (χ0) is 20.0. The maximum absolute atomic E-state index is 13.1. The van der Waals surface area contributed by atoms with Crippen molar-refractivity contribution < 1.29 is 19.9 Å². The van der Waals surface area contributed by atoms with E-state index in [4.69, 9.17) is 0 Å². The summed E-state index contributed by atoms with van der Waals surface area (Å²) in [5, 5.41) is 29.1. The maximum Gasteiger partial charge on any atom is 0.488 e. The molecule has 28 heavy (non-hydrogen) atoms. The van der Waals surface area contributed by atoms with E-state index >= 15 is 0 Å². The monoisotopic (exact) mass is 374 g/mol. The van der Waals surface area contributed by atoms with Gasteiger partial charge >= 0.3 is 13.1 Å². The van der Waals surface area contributed by atoms with Crippen molar-refractivity contribution in [3.63, 3.8) is 0 Å². The van der Waals surface area contributed by atoms with Gasteiger partial charge in [0, 0.05) is 17.3 Å². The Morgan fingerprint density at radius 2 is 1.79 bits per heavy atom. The normalized spacial score (nSPS) is 11.1. The fraction of sp³-hybridized carbons (Fsp3) is 0.0500. The number of benzene rings is 2. The molecule has 2 aromatic heterocycles. The number of para-hydroxylation sites is 1. The number of hydrogen-bond donors (Lipinski definition) is 3. The summed E-state index contributed by atoms with van der Waals surface area (Å²) in [5.41, 5.74) is 1.84. The molecule has 7 nitrogen and oxygen atoms in total. The van der Waals surface area contributed by atoms with Gasteiger partial charge in [-0.2, -0.15) is 0 Å². The molecule has 0 saturated carbocycles.